The molecule has 1 amide bonds. The molecule has 0 spiro atoms. The maximum atomic E-state index is 12.3. The van der Waals surface area contributed by atoms with Gasteiger partial charge < -0.3 is 4.90 Å². The zero-order valence-electron chi connectivity index (χ0n) is 13.0. The Morgan fingerprint density at radius 3 is 2.58 bits per heavy atom. The van der Waals surface area contributed by atoms with Gasteiger partial charge >= 0.3 is 0 Å². The van der Waals surface area contributed by atoms with Gasteiger partial charge in [-0.25, -0.2) is 0 Å². The van der Waals surface area contributed by atoms with Gasteiger partial charge in [0.2, 0.25) is 5.91 Å². The van der Waals surface area contributed by atoms with Crippen LogP contribution in [0.4, 0.5) is 0 Å². The second-order valence-electron chi connectivity index (χ2n) is 7.04. The van der Waals surface area contributed by atoms with Gasteiger partial charge in [0.05, 0.1) is 0 Å². The van der Waals surface area contributed by atoms with E-state index in [-0.39, 0.29) is 0 Å². The molecule has 0 aromatic heterocycles. The highest BCUT2D eigenvalue weighted by molar-refractivity contribution is 9.09. The van der Waals surface area contributed by atoms with Crippen LogP contribution >= 0.6 is 15.9 Å². The number of hydrogen-bond acceptors (Lipinski definition) is 1. The molecular formula is C16H30BrNO. The number of nitrogens with zero attached hydrogens (tertiary/aromatic N) is 1. The first-order chi connectivity index (χ1) is 8.88. The highest BCUT2D eigenvalue weighted by Crippen LogP contribution is 2.34. The van der Waals surface area contributed by atoms with Crippen LogP contribution in [-0.2, 0) is 4.79 Å². The lowest BCUT2D eigenvalue weighted by atomic mass is 9.77. The number of carbonyl (C=O) groups excluding carboxylic acids is 1. The normalized spacial score (nSPS) is 23.3. The van der Waals surface area contributed by atoms with E-state index in [4.69, 9.17) is 0 Å². The van der Waals surface area contributed by atoms with E-state index in [0.717, 1.165) is 37.7 Å². The second-order valence-corrected chi connectivity index (χ2v) is 7.69. The summed E-state index contributed by atoms with van der Waals surface area (Å²) in [6.45, 7) is 11.0. The molecule has 1 rings (SSSR count). The largest absolute Gasteiger partial charge is 0.342 e. The van der Waals surface area contributed by atoms with Crippen LogP contribution in [0.3, 0.4) is 0 Å². The monoisotopic (exact) mass is 331 g/mol. The molecular weight excluding hydrogens is 302 g/mol. The van der Waals surface area contributed by atoms with E-state index in [2.05, 4.69) is 48.5 Å². The third kappa shape index (κ3) is 5.45. The summed E-state index contributed by atoms with van der Waals surface area (Å²) >= 11 is 3.59. The molecule has 19 heavy (non-hydrogen) atoms. The summed E-state index contributed by atoms with van der Waals surface area (Å²) in [5.74, 6) is 1.66. The minimum atomic E-state index is 0.328. The van der Waals surface area contributed by atoms with E-state index in [1.54, 1.807) is 0 Å². The number of likely N-dealkylation sites (tertiary alicyclic amines) is 1. The van der Waals surface area contributed by atoms with Crippen LogP contribution in [0.1, 0.15) is 59.8 Å². The summed E-state index contributed by atoms with van der Waals surface area (Å²) in [6.07, 6.45) is 5.37. The number of hydrogen-bond donors (Lipinski definition) is 0. The maximum Gasteiger partial charge on any atom is 0.222 e. The van der Waals surface area contributed by atoms with Gasteiger partial charge in [-0.2, -0.15) is 0 Å². The summed E-state index contributed by atoms with van der Waals surface area (Å²) in [5.41, 5.74) is 0.328. The van der Waals surface area contributed by atoms with E-state index in [0.29, 0.717) is 23.2 Å². The van der Waals surface area contributed by atoms with Gasteiger partial charge in [0, 0.05) is 24.8 Å². The zero-order valence-corrected chi connectivity index (χ0v) is 14.6. The summed E-state index contributed by atoms with van der Waals surface area (Å²) in [4.78, 5) is 14.4. The number of alkyl halides is 1. The summed E-state index contributed by atoms with van der Waals surface area (Å²) in [7, 11) is 0. The Bertz CT molecular complexity index is 285. The first-order valence-electron chi connectivity index (χ1n) is 7.72. The van der Waals surface area contributed by atoms with Gasteiger partial charge in [-0.3, -0.25) is 4.79 Å². The van der Waals surface area contributed by atoms with Gasteiger partial charge in [-0.1, -0.05) is 50.0 Å². The SMILES string of the molecule is CCCC(CBr)CN1CCC(C(C)(C)C)CCC1=O. The van der Waals surface area contributed by atoms with Crippen molar-refractivity contribution in [3.8, 4) is 0 Å². The van der Waals surface area contributed by atoms with Crippen LogP contribution in [0.5, 0.6) is 0 Å². The Balaban J connectivity index is 2.58. The lowest BCUT2D eigenvalue weighted by Crippen LogP contribution is -2.35. The molecule has 112 valence electrons. The summed E-state index contributed by atoms with van der Waals surface area (Å²) in [6, 6.07) is 0. The van der Waals surface area contributed by atoms with E-state index in [1.807, 2.05) is 0 Å². The highest BCUT2D eigenvalue weighted by atomic mass is 79.9. The van der Waals surface area contributed by atoms with E-state index in [9.17, 15) is 4.79 Å². The van der Waals surface area contributed by atoms with Crippen LogP contribution in [0, 0.1) is 17.3 Å². The smallest absolute Gasteiger partial charge is 0.222 e. The van der Waals surface area contributed by atoms with Gasteiger partial charge in [0.25, 0.3) is 0 Å². The summed E-state index contributed by atoms with van der Waals surface area (Å²) < 4.78 is 0. The van der Waals surface area contributed by atoms with Crippen molar-refractivity contribution in [2.45, 2.75) is 59.8 Å². The Morgan fingerprint density at radius 2 is 2.05 bits per heavy atom. The molecule has 0 radical (unpaired) electrons. The number of halogens is 1. The molecule has 1 aliphatic rings. The standard InChI is InChI=1S/C16H30BrNO/c1-5-6-13(11-17)12-18-10-9-14(16(2,3)4)7-8-15(18)19/h13-14H,5-12H2,1-4H3. The van der Waals surface area contributed by atoms with Crippen LogP contribution in [-0.4, -0.2) is 29.2 Å². The fourth-order valence-corrected chi connectivity index (χ4v) is 3.56. The average Bonchev–Trinajstić information content (AvgIpc) is 2.51. The predicted molar refractivity (Wildman–Crippen MR) is 85.6 cm³/mol. The van der Waals surface area contributed by atoms with Crippen LogP contribution in [0.15, 0.2) is 0 Å². The fraction of sp³-hybridized carbons (Fsp3) is 0.938. The average molecular weight is 332 g/mol. The van der Waals surface area contributed by atoms with Crippen molar-refractivity contribution in [3.63, 3.8) is 0 Å². The second kappa shape index (κ2) is 7.66. The Labute approximate surface area is 127 Å². The van der Waals surface area contributed by atoms with Crippen molar-refractivity contribution in [2.75, 3.05) is 18.4 Å². The molecule has 0 N–H and O–H groups in total. The third-order valence-corrected chi connectivity index (χ3v) is 5.34. The van der Waals surface area contributed by atoms with Gasteiger partial charge in [-0.05, 0) is 36.5 Å². The number of carbonyl (C=O) groups is 1. The molecule has 2 atom stereocenters. The van der Waals surface area contributed by atoms with E-state index in [1.165, 1.54) is 12.8 Å². The molecule has 1 aliphatic heterocycles. The van der Waals surface area contributed by atoms with Crippen LogP contribution in [0.25, 0.3) is 0 Å². The molecule has 2 nitrogen and oxygen atoms in total. The van der Waals surface area contributed by atoms with Gasteiger partial charge in [-0.15, -0.1) is 0 Å². The van der Waals surface area contributed by atoms with Crippen LogP contribution in [0.2, 0.25) is 0 Å². The first kappa shape index (κ1) is 17.0. The highest BCUT2D eigenvalue weighted by Gasteiger charge is 2.30. The van der Waals surface area contributed by atoms with E-state index < -0.39 is 0 Å². The number of rotatable bonds is 5. The van der Waals surface area contributed by atoms with Crippen molar-refractivity contribution >= 4 is 21.8 Å². The molecule has 0 aromatic rings. The minimum Gasteiger partial charge on any atom is -0.342 e. The number of amides is 1. The lowest BCUT2D eigenvalue weighted by molar-refractivity contribution is -0.131. The topological polar surface area (TPSA) is 20.3 Å². The minimum absolute atomic E-state index is 0.328. The fourth-order valence-electron chi connectivity index (χ4n) is 3.03. The third-order valence-electron chi connectivity index (χ3n) is 4.43. The molecule has 0 aromatic carbocycles. The van der Waals surface area contributed by atoms with E-state index >= 15 is 0 Å². The molecule has 1 fully saturated rings. The molecule has 1 heterocycles. The lowest BCUT2D eigenvalue weighted by Gasteiger charge is -2.30. The quantitative estimate of drug-likeness (QED) is 0.680. The molecule has 3 heteroatoms. The van der Waals surface area contributed by atoms with Crippen molar-refractivity contribution in [1.29, 1.82) is 0 Å². The van der Waals surface area contributed by atoms with Crippen molar-refractivity contribution in [3.05, 3.63) is 0 Å². The zero-order chi connectivity index (χ0) is 14.5. The van der Waals surface area contributed by atoms with Crippen molar-refractivity contribution in [2.24, 2.45) is 17.3 Å². The molecule has 0 saturated carbocycles. The molecule has 1 saturated heterocycles. The first-order valence-corrected chi connectivity index (χ1v) is 8.84. The Kier molecular flexibility index (Phi) is 6.85. The Hall–Kier alpha value is -0.0500. The van der Waals surface area contributed by atoms with Gasteiger partial charge in [0.15, 0.2) is 0 Å². The molecule has 0 aliphatic carbocycles. The van der Waals surface area contributed by atoms with Crippen molar-refractivity contribution < 1.29 is 4.79 Å². The summed E-state index contributed by atoms with van der Waals surface area (Å²) in [5, 5.41) is 1.01. The molecule has 0 bridgehead atoms. The van der Waals surface area contributed by atoms with Gasteiger partial charge in [0.1, 0.15) is 0 Å². The maximum absolute atomic E-state index is 12.3. The Morgan fingerprint density at radius 1 is 1.37 bits per heavy atom. The molecule has 2 unspecified atom stereocenters. The van der Waals surface area contributed by atoms with Crippen LogP contribution < -0.4 is 0 Å². The predicted octanol–water partition coefficient (Wildman–Crippen LogP) is 4.47. The van der Waals surface area contributed by atoms with Crippen molar-refractivity contribution in [1.82, 2.24) is 4.90 Å².